The number of Topliss-reactive ketones (excluding diaryl/α,β-unsaturated/α-hetero) is 1. The second kappa shape index (κ2) is 8.57. The van der Waals surface area contributed by atoms with Crippen molar-refractivity contribution < 1.29 is 27.8 Å². The highest BCUT2D eigenvalue weighted by Crippen LogP contribution is 2.08. The number of nitrogens with one attached hydrogen (secondary N) is 1. The van der Waals surface area contributed by atoms with Gasteiger partial charge in [0.15, 0.2) is 5.78 Å². The predicted octanol–water partition coefficient (Wildman–Crippen LogP) is 2.83. The Hall–Kier alpha value is -2.02. The van der Waals surface area contributed by atoms with E-state index in [-0.39, 0.29) is 18.4 Å². The van der Waals surface area contributed by atoms with Crippen molar-refractivity contribution in [3.63, 3.8) is 0 Å². The van der Waals surface area contributed by atoms with Gasteiger partial charge in [-0.2, -0.15) is 0 Å². The summed E-state index contributed by atoms with van der Waals surface area (Å²) in [6, 6.07) is 4.05. The van der Waals surface area contributed by atoms with Gasteiger partial charge in [-0.05, 0) is 45.0 Å². The molecule has 1 atom stereocenters. The molecule has 7 heteroatoms. The molecule has 0 unspecified atom stereocenters. The molecule has 0 spiro atoms. The monoisotopic (exact) mass is 329 g/mol. The number of ketones is 1. The molecule has 1 amide bonds. The van der Waals surface area contributed by atoms with Crippen molar-refractivity contribution in [3.05, 3.63) is 35.9 Å². The number of rotatable bonds is 1. The third-order valence-electron chi connectivity index (χ3n) is 2.58. The Kier molecular flexibility index (Phi) is 7.09. The molecule has 0 aliphatic carbocycles. The van der Waals surface area contributed by atoms with Gasteiger partial charge < -0.3 is 14.8 Å². The summed E-state index contributed by atoms with van der Waals surface area (Å²) in [5.74, 6) is -0.819. The number of carbonyl (C=O) groups excluding carboxylic acids is 2. The summed E-state index contributed by atoms with van der Waals surface area (Å²) in [5.41, 5.74) is -0.524. The molecule has 1 aliphatic heterocycles. The van der Waals surface area contributed by atoms with Gasteiger partial charge in [-0.25, -0.2) is 13.6 Å². The van der Waals surface area contributed by atoms with Crippen LogP contribution in [-0.2, 0) is 14.3 Å². The molecule has 0 saturated carbocycles. The maximum Gasteiger partial charge on any atom is 0.407 e. The Morgan fingerprint density at radius 2 is 1.74 bits per heavy atom. The highest BCUT2D eigenvalue weighted by Gasteiger charge is 2.24. The summed E-state index contributed by atoms with van der Waals surface area (Å²) >= 11 is 0. The second-order valence-corrected chi connectivity index (χ2v) is 6.04. The van der Waals surface area contributed by atoms with Gasteiger partial charge in [-0.1, -0.05) is 0 Å². The van der Waals surface area contributed by atoms with E-state index in [4.69, 9.17) is 9.47 Å². The Balaban J connectivity index is 0.000000277. The summed E-state index contributed by atoms with van der Waals surface area (Å²) in [4.78, 5) is 22.4. The molecule has 1 aromatic carbocycles. The van der Waals surface area contributed by atoms with Crippen LogP contribution >= 0.6 is 0 Å². The van der Waals surface area contributed by atoms with Crippen LogP contribution in [0.1, 0.15) is 27.2 Å². The van der Waals surface area contributed by atoms with Crippen molar-refractivity contribution in [1.29, 1.82) is 0 Å². The van der Waals surface area contributed by atoms with Gasteiger partial charge in [-0.15, -0.1) is 0 Å². The third kappa shape index (κ3) is 8.87. The second-order valence-electron chi connectivity index (χ2n) is 6.04. The van der Waals surface area contributed by atoms with Crippen LogP contribution in [0.15, 0.2) is 24.3 Å². The van der Waals surface area contributed by atoms with Gasteiger partial charge in [0.25, 0.3) is 0 Å². The minimum atomic E-state index is -0.524. The fourth-order valence-electron chi connectivity index (χ4n) is 1.70. The first-order valence-corrected chi connectivity index (χ1v) is 7.16. The first-order chi connectivity index (χ1) is 10.7. The molecule has 1 aliphatic rings. The van der Waals surface area contributed by atoms with Gasteiger partial charge in [0, 0.05) is 6.42 Å². The number of ether oxygens (including phenoxy) is 2. The number of hydrogen-bond acceptors (Lipinski definition) is 4. The van der Waals surface area contributed by atoms with E-state index in [2.05, 4.69) is 5.32 Å². The predicted molar refractivity (Wildman–Crippen MR) is 80.0 cm³/mol. The lowest BCUT2D eigenvalue weighted by Crippen LogP contribution is -2.45. The zero-order valence-corrected chi connectivity index (χ0v) is 13.4. The lowest BCUT2D eigenvalue weighted by molar-refractivity contribution is -0.128. The molecule has 1 aromatic rings. The zero-order chi connectivity index (χ0) is 17.5. The van der Waals surface area contributed by atoms with Gasteiger partial charge in [0.05, 0.1) is 12.6 Å². The minimum absolute atomic E-state index is 0.00214. The van der Waals surface area contributed by atoms with Crippen molar-refractivity contribution in [2.75, 3.05) is 13.2 Å². The zero-order valence-electron chi connectivity index (χ0n) is 13.4. The Morgan fingerprint density at radius 1 is 1.22 bits per heavy atom. The molecule has 0 aromatic heterocycles. The third-order valence-corrected chi connectivity index (χ3v) is 2.58. The van der Waals surface area contributed by atoms with Gasteiger partial charge in [-0.3, -0.25) is 4.79 Å². The molecule has 128 valence electrons. The fraction of sp³-hybridized carbons (Fsp3) is 0.500. The lowest BCUT2D eigenvalue weighted by atomic mass is 10.1. The molecule has 1 heterocycles. The molecule has 23 heavy (non-hydrogen) atoms. The average Bonchev–Trinajstić information content (AvgIpc) is 2.40. The number of amides is 1. The largest absolute Gasteiger partial charge is 0.444 e. The van der Waals surface area contributed by atoms with Gasteiger partial charge in [0.2, 0.25) is 0 Å². The van der Waals surface area contributed by atoms with Gasteiger partial charge >= 0.3 is 6.09 Å². The molecule has 0 bridgehead atoms. The summed E-state index contributed by atoms with van der Waals surface area (Å²) in [6.07, 6.45) is -0.190. The maximum atomic E-state index is 11.9. The minimum Gasteiger partial charge on any atom is -0.444 e. The topological polar surface area (TPSA) is 64.6 Å². The summed E-state index contributed by atoms with van der Waals surface area (Å²) in [6.45, 7) is 5.87. The van der Waals surface area contributed by atoms with Crippen LogP contribution in [0.4, 0.5) is 13.6 Å². The number of benzene rings is 1. The lowest BCUT2D eigenvalue weighted by Gasteiger charge is -2.25. The summed E-state index contributed by atoms with van der Waals surface area (Å²) in [7, 11) is 0. The van der Waals surface area contributed by atoms with Crippen LogP contribution in [-0.4, -0.2) is 36.7 Å². The summed E-state index contributed by atoms with van der Waals surface area (Å²) < 4.78 is 33.9. The molecule has 1 N–H and O–H groups in total. The summed E-state index contributed by atoms with van der Waals surface area (Å²) in [5, 5.41) is 2.60. The first-order valence-electron chi connectivity index (χ1n) is 7.16. The Labute approximate surface area is 134 Å². The molecule has 1 fully saturated rings. The average molecular weight is 329 g/mol. The van der Waals surface area contributed by atoms with E-state index in [0.29, 0.717) is 13.0 Å². The Morgan fingerprint density at radius 3 is 2.17 bits per heavy atom. The molecular weight excluding hydrogens is 308 g/mol. The van der Waals surface area contributed by atoms with E-state index in [1.807, 2.05) is 0 Å². The quantitative estimate of drug-likeness (QED) is 0.860. The standard InChI is InChI=1S/C10H17NO4.C6H4F2/c1-10(2,3)15-9(13)11-7-4-8(12)6-14-5-7;7-5-1-2-6(8)4-3-5/h7H,4-6H2,1-3H3,(H,11,13);1-4H/t7-;/m0./s1. The van der Waals surface area contributed by atoms with Crippen molar-refractivity contribution in [2.24, 2.45) is 0 Å². The number of hydrogen-bond donors (Lipinski definition) is 1. The normalized spacial score (nSPS) is 17.8. The van der Waals surface area contributed by atoms with Crippen LogP contribution in [0.2, 0.25) is 0 Å². The first kappa shape index (κ1) is 19.0. The van der Waals surface area contributed by atoms with Crippen molar-refractivity contribution >= 4 is 11.9 Å². The van der Waals surface area contributed by atoms with Crippen molar-refractivity contribution in [2.45, 2.75) is 38.8 Å². The Bertz CT molecular complexity index is 505. The van der Waals surface area contributed by atoms with Crippen LogP contribution in [0, 0.1) is 11.6 Å². The van der Waals surface area contributed by atoms with E-state index in [1.54, 1.807) is 20.8 Å². The van der Waals surface area contributed by atoms with Crippen LogP contribution < -0.4 is 5.32 Å². The molecule has 2 rings (SSSR count). The van der Waals surface area contributed by atoms with Gasteiger partial charge in [0.1, 0.15) is 23.8 Å². The number of halogens is 2. The van der Waals surface area contributed by atoms with E-state index in [9.17, 15) is 18.4 Å². The number of carbonyl (C=O) groups is 2. The molecule has 1 saturated heterocycles. The molecular formula is C16H21F2NO4. The highest BCUT2D eigenvalue weighted by molar-refractivity contribution is 5.81. The highest BCUT2D eigenvalue weighted by atomic mass is 19.1. The van der Waals surface area contributed by atoms with Crippen LogP contribution in [0.3, 0.4) is 0 Å². The number of alkyl carbamates (subject to hydrolysis) is 1. The smallest absolute Gasteiger partial charge is 0.407 e. The van der Waals surface area contributed by atoms with E-state index >= 15 is 0 Å². The van der Waals surface area contributed by atoms with Crippen molar-refractivity contribution in [1.82, 2.24) is 5.32 Å². The van der Waals surface area contributed by atoms with Crippen molar-refractivity contribution in [3.8, 4) is 0 Å². The molecule has 0 radical (unpaired) electrons. The fourth-order valence-corrected chi connectivity index (χ4v) is 1.70. The van der Waals surface area contributed by atoms with E-state index < -0.39 is 23.3 Å². The van der Waals surface area contributed by atoms with E-state index in [1.165, 1.54) is 0 Å². The molecule has 5 nitrogen and oxygen atoms in total. The SMILES string of the molecule is CC(C)(C)OC(=O)N[C@@H]1COCC(=O)C1.Fc1ccc(F)cc1. The van der Waals surface area contributed by atoms with Crippen LogP contribution in [0.25, 0.3) is 0 Å². The maximum absolute atomic E-state index is 11.9. The van der Waals surface area contributed by atoms with E-state index in [0.717, 1.165) is 24.3 Å². The van der Waals surface area contributed by atoms with Crippen LogP contribution in [0.5, 0.6) is 0 Å².